The van der Waals surface area contributed by atoms with E-state index in [0.717, 1.165) is 44.9 Å². The van der Waals surface area contributed by atoms with Gasteiger partial charge in [-0.05, 0) is 51.4 Å². The van der Waals surface area contributed by atoms with Crippen molar-refractivity contribution in [2.45, 2.75) is 366 Å². The molecule has 1 amide bonds. The molecule has 0 heterocycles. The zero-order valence-corrected chi connectivity index (χ0v) is 54.5. The van der Waals surface area contributed by atoms with E-state index in [-0.39, 0.29) is 19.1 Å². The fraction of sp³-hybridized carbons (Fsp3) is 0.900. The number of carbonyl (C=O) groups excluding carboxylic acids is 1. The summed E-state index contributed by atoms with van der Waals surface area (Å²) in [6.07, 6.45) is 81.6. The van der Waals surface area contributed by atoms with Crippen LogP contribution in [-0.2, 0) is 18.4 Å². The number of nitrogens with zero attached hydrogens (tertiary/aromatic N) is 1. The van der Waals surface area contributed by atoms with Gasteiger partial charge in [0.15, 0.2) is 0 Å². The smallest absolute Gasteiger partial charge is 0.387 e. The summed E-state index contributed by atoms with van der Waals surface area (Å²) in [6, 6.07) is -0.844. The van der Waals surface area contributed by atoms with Crippen molar-refractivity contribution in [2.24, 2.45) is 0 Å². The van der Waals surface area contributed by atoms with Gasteiger partial charge in [0.25, 0.3) is 0 Å². The maximum Gasteiger partial charge on any atom is 0.472 e. The number of aliphatic hydroxyl groups excluding tert-OH is 1. The summed E-state index contributed by atoms with van der Waals surface area (Å²) in [7, 11) is 1.59. The Labute approximate surface area is 493 Å². The zero-order chi connectivity index (χ0) is 57.7. The molecule has 0 saturated heterocycles. The molecule has 79 heavy (non-hydrogen) atoms. The van der Waals surface area contributed by atoms with E-state index in [1.54, 1.807) is 6.08 Å². The average molecular weight is 1130 g/mol. The number of unbranched alkanes of at least 4 members (excludes halogenated alkanes) is 48. The van der Waals surface area contributed by atoms with Gasteiger partial charge in [0.1, 0.15) is 13.2 Å². The number of amides is 1. The Kier molecular flexibility index (Phi) is 60.3. The van der Waals surface area contributed by atoms with Gasteiger partial charge in [0.2, 0.25) is 5.91 Å². The maximum atomic E-state index is 13.0. The number of hydrogen-bond acceptors (Lipinski definition) is 5. The van der Waals surface area contributed by atoms with Crippen molar-refractivity contribution in [1.29, 1.82) is 0 Å². The highest BCUT2D eigenvalue weighted by Crippen LogP contribution is 2.43. The third-order valence-electron chi connectivity index (χ3n) is 16.1. The number of phosphoric acid groups is 1. The van der Waals surface area contributed by atoms with Crippen molar-refractivity contribution in [2.75, 3.05) is 40.9 Å². The molecular weight excluding hydrogens is 996 g/mol. The lowest BCUT2D eigenvalue weighted by molar-refractivity contribution is -0.870. The van der Waals surface area contributed by atoms with Crippen LogP contribution in [0.25, 0.3) is 0 Å². The molecule has 0 fully saturated rings. The lowest BCUT2D eigenvalue weighted by Gasteiger charge is -2.25. The molecule has 0 aliphatic rings. The molecule has 468 valence electrons. The first-order valence-corrected chi connectivity index (χ1v) is 36.4. The van der Waals surface area contributed by atoms with Gasteiger partial charge in [0, 0.05) is 6.42 Å². The summed E-state index contributed by atoms with van der Waals surface area (Å²) >= 11 is 0. The van der Waals surface area contributed by atoms with Gasteiger partial charge < -0.3 is 19.8 Å². The quantitative estimate of drug-likeness (QED) is 0.0243. The number of carbonyl (C=O) groups is 1. The molecule has 9 heteroatoms. The first-order valence-electron chi connectivity index (χ1n) is 34.9. The molecule has 0 bridgehead atoms. The minimum Gasteiger partial charge on any atom is -0.387 e. The second kappa shape index (κ2) is 61.3. The Bertz CT molecular complexity index is 1380. The van der Waals surface area contributed by atoms with Crippen LogP contribution in [0.1, 0.15) is 354 Å². The summed E-state index contributed by atoms with van der Waals surface area (Å²) in [5, 5.41) is 14.0. The van der Waals surface area contributed by atoms with E-state index in [1.807, 2.05) is 27.2 Å². The Hall–Kier alpha value is -1.28. The number of phosphoric ester groups is 1. The molecule has 0 aliphatic carbocycles. The number of likely N-dealkylation sites (N-methyl/N-ethyl adjacent to an activating group) is 1. The van der Waals surface area contributed by atoms with Gasteiger partial charge in [-0.15, -0.1) is 0 Å². The summed E-state index contributed by atoms with van der Waals surface area (Å²) < 4.78 is 23.8. The van der Waals surface area contributed by atoms with Crippen LogP contribution in [0.15, 0.2) is 36.5 Å². The van der Waals surface area contributed by atoms with Crippen molar-refractivity contribution < 1.29 is 32.9 Å². The van der Waals surface area contributed by atoms with Crippen molar-refractivity contribution >= 4 is 13.7 Å². The lowest BCUT2D eigenvalue weighted by Crippen LogP contribution is -2.45. The van der Waals surface area contributed by atoms with Crippen molar-refractivity contribution in [3.63, 3.8) is 0 Å². The van der Waals surface area contributed by atoms with Crippen LogP contribution >= 0.6 is 7.82 Å². The van der Waals surface area contributed by atoms with Crippen molar-refractivity contribution in [1.82, 2.24) is 5.32 Å². The fourth-order valence-corrected chi connectivity index (χ4v) is 11.4. The molecule has 0 aromatic rings. The van der Waals surface area contributed by atoms with E-state index in [2.05, 4.69) is 43.5 Å². The highest BCUT2D eigenvalue weighted by molar-refractivity contribution is 7.47. The molecule has 0 rings (SSSR count). The second-order valence-electron chi connectivity index (χ2n) is 25.3. The Morgan fingerprint density at radius 1 is 0.430 bits per heavy atom. The molecule has 0 aromatic heterocycles. The second-order valence-corrected chi connectivity index (χ2v) is 26.7. The van der Waals surface area contributed by atoms with Crippen LogP contribution < -0.4 is 5.32 Å². The molecule has 0 aliphatic heterocycles. The van der Waals surface area contributed by atoms with Crippen LogP contribution in [0.5, 0.6) is 0 Å². The number of rotatable bonds is 65. The molecule has 0 aromatic carbocycles. The number of nitrogens with one attached hydrogen (secondary N) is 1. The van der Waals surface area contributed by atoms with Crippen LogP contribution in [0.2, 0.25) is 0 Å². The SMILES string of the molecule is CCCCCCC/C=C\C/C=C\CCCCCCCCCCCCCCCCCCCCCCCCCCCCCCCC(=O)NC(COP(=O)(O)OCC[N+](C)(C)C)C(O)/C=C/CCCCCCCCCCCCCCCC. The van der Waals surface area contributed by atoms with E-state index >= 15 is 0 Å². The van der Waals surface area contributed by atoms with Gasteiger partial charge in [-0.3, -0.25) is 13.8 Å². The number of hydrogen-bond donors (Lipinski definition) is 3. The third kappa shape index (κ3) is 64.1. The van der Waals surface area contributed by atoms with Gasteiger partial charge >= 0.3 is 7.82 Å². The van der Waals surface area contributed by atoms with Crippen LogP contribution in [-0.4, -0.2) is 73.4 Å². The minimum atomic E-state index is -4.35. The predicted molar refractivity (Wildman–Crippen MR) is 346 cm³/mol. The third-order valence-corrected chi connectivity index (χ3v) is 17.1. The molecule has 8 nitrogen and oxygen atoms in total. The number of quaternary nitrogens is 1. The van der Waals surface area contributed by atoms with Gasteiger partial charge in [-0.1, -0.05) is 333 Å². The summed E-state index contributed by atoms with van der Waals surface area (Å²) in [4.78, 5) is 23.4. The first-order chi connectivity index (χ1) is 38.5. The highest BCUT2D eigenvalue weighted by atomic mass is 31.2. The van der Waals surface area contributed by atoms with Crippen LogP contribution in [0, 0.1) is 0 Å². The maximum absolute atomic E-state index is 13.0. The van der Waals surface area contributed by atoms with E-state index < -0.39 is 20.0 Å². The topological polar surface area (TPSA) is 105 Å². The molecule has 0 spiro atoms. The van der Waals surface area contributed by atoms with Crippen molar-refractivity contribution in [3.8, 4) is 0 Å². The fourth-order valence-electron chi connectivity index (χ4n) is 10.7. The van der Waals surface area contributed by atoms with Gasteiger partial charge in [-0.25, -0.2) is 4.57 Å². The Morgan fingerprint density at radius 3 is 1.04 bits per heavy atom. The molecule has 3 atom stereocenters. The van der Waals surface area contributed by atoms with Crippen LogP contribution in [0.3, 0.4) is 0 Å². The Morgan fingerprint density at radius 2 is 0.722 bits per heavy atom. The van der Waals surface area contributed by atoms with E-state index in [9.17, 15) is 19.4 Å². The molecular formula is C70H138N2O6P+. The lowest BCUT2D eigenvalue weighted by atomic mass is 10.0. The summed E-state index contributed by atoms with van der Waals surface area (Å²) in [5.74, 6) is -0.170. The molecule has 0 radical (unpaired) electrons. The summed E-state index contributed by atoms with van der Waals surface area (Å²) in [6.45, 7) is 4.85. The predicted octanol–water partition coefficient (Wildman–Crippen LogP) is 22.1. The van der Waals surface area contributed by atoms with E-state index in [1.165, 1.54) is 289 Å². The highest BCUT2D eigenvalue weighted by Gasteiger charge is 2.28. The molecule has 3 unspecified atom stereocenters. The number of allylic oxidation sites excluding steroid dienone is 5. The van der Waals surface area contributed by atoms with Crippen molar-refractivity contribution in [3.05, 3.63) is 36.5 Å². The molecule has 0 saturated carbocycles. The minimum absolute atomic E-state index is 0.0641. The van der Waals surface area contributed by atoms with E-state index in [0.29, 0.717) is 17.4 Å². The average Bonchev–Trinajstić information content (AvgIpc) is 3.42. The number of aliphatic hydroxyl groups is 1. The molecule has 3 N–H and O–H groups in total. The Balaban J connectivity index is 3.85. The van der Waals surface area contributed by atoms with Gasteiger partial charge in [-0.2, -0.15) is 0 Å². The normalized spacial score (nSPS) is 13.9. The largest absolute Gasteiger partial charge is 0.472 e. The summed E-state index contributed by atoms with van der Waals surface area (Å²) in [5.41, 5.74) is 0. The van der Waals surface area contributed by atoms with Crippen LogP contribution in [0.4, 0.5) is 0 Å². The standard InChI is InChI=1S/C70H137N2O6P/c1-6-8-10-12-14-16-18-20-22-24-25-26-27-28-29-30-31-32-33-34-35-36-37-38-39-40-41-42-43-44-45-46-47-48-50-52-54-56-58-60-62-64-70(74)71-68(67-78-79(75,76)77-66-65-72(3,4)5)69(73)63-61-59-57-55-53-51-49-23-21-19-17-15-13-11-9-7-2/h18,20,24-25,61,63,68-69,73H,6-17,19,21-23,26-60,62,64-67H2,1-5H3,(H-,71,74,75,76)/p+1/b20-18-,25-24-,63-61+. The van der Waals surface area contributed by atoms with Gasteiger partial charge in [0.05, 0.1) is 39.9 Å². The first kappa shape index (κ1) is 77.7. The van der Waals surface area contributed by atoms with E-state index in [4.69, 9.17) is 9.05 Å². The zero-order valence-electron chi connectivity index (χ0n) is 53.6. The monoisotopic (exact) mass is 1130 g/mol.